The molecule has 1 aliphatic carbocycles. The third-order valence-corrected chi connectivity index (χ3v) is 7.86. The molecular weight excluding hydrogens is 477 g/mol. The lowest BCUT2D eigenvalue weighted by atomic mass is 9.87. The van der Waals surface area contributed by atoms with Crippen LogP contribution in [0.2, 0.25) is 0 Å². The van der Waals surface area contributed by atoms with Crippen molar-refractivity contribution < 1.29 is 12.9 Å². The summed E-state index contributed by atoms with van der Waals surface area (Å²) >= 11 is 0. The topological polar surface area (TPSA) is 47.9 Å². The van der Waals surface area contributed by atoms with E-state index in [-0.39, 0.29) is 11.5 Å². The van der Waals surface area contributed by atoms with E-state index in [2.05, 4.69) is 81.4 Å². The summed E-state index contributed by atoms with van der Waals surface area (Å²) in [5.74, 6) is 1.09. The van der Waals surface area contributed by atoms with Crippen LogP contribution in [0.1, 0.15) is 20.8 Å². The highest BCUT2D eigenvalue weighted by Gasteiger charge is 2.26. The van der Waals surface area contributed by atoms with E-state index in [1.165, 1.54) is 0 Å². The molecule has 37 heavy (non-hydrogen) atoms. The molecule has 4 nitrogen and oxygen atoms in total. The predicted molar refractivity (Wildman–Crippen MR) is 155 cm³/mol. The van der Waals surface area contributed by atoms with E-state index in [0.29, 0.717) is 6.61 Å². The molecule has 1 aliphatic rings. The van der Waals surface area contributed by atoms with E-state index in [1.54, 1.807) is 0 Å². The van der Waals surface area contributed by atoms with E-state index in [0.717, 1.165) is 49.4 Å². The molecule has 1 saturated carbocycles. The van der Waals surface area contributed by atoms with Crippen molar-refractivity contribution in [2.45, 2.75) is 26.8 Å². The van der Waals surface area contributed by atoms with Crippen LogP contribution in [0.25, 0.3) is 43.5 Å². The Kier molecular flexibility index (Phi) is 6.56. The minimum absolute atomic E-state index is 0.0625. The van der Waals surface area contributed by atoms with Gasteiger partial charge in [0.05, 0.1) is 12.6 Å². The molecule has 5 radical (unpaired) electrons. The van der Waals surface area contributed by atoms with Crippen LogP contribution in [0.5, 0.6) is 0 Å². The number of rotatable bonds is 5. The summed E-state index contributed by atoms with van der Waals surface area (Å²) in [6.07, 6.45) is 10.1. The largest absolute Gasteiger partial charge is 0.399 e. The van der Waals surface area contributed by atoms with Crippen LogP contribution in [0.4, 0.5) is 0 Å². The number of hydrogen-bond donors (Lipinski definition) is 0. The molecule has 5 heteroatoms. The Labute approximate surface area is 219 Å². The zero-order valence-electron chi connectivity index (χ0n) is 21.2. The number of fused-ring (bicyclic) bond motifs is 7. The van der Waals surface area contributed by atoms with Gasteiger partial charge in [0.15, 0.2) is 0 Å². The molecule has 1 fully saturated rings. The molecule has 0 saturated heterocycles. The van der Waals surface area contributed by atoms with Gasteiger partial charge in [0.25, 0.3) is 0 Å². The fourth-order valence-corrected chi connectivity index (χ4v) is 5.73. The fourth-order valence-electron chi connectivity index (χ4n) is 4.70. The molecule has 1 atom stereocenters. The van der Waals surface area contributed by atoms with Gasteiger partial charge in [-0.25, -0.2) is 0 Å². The number of hydrogen-bond acceptors (Lipinski definition) is 4. The highest BCUT2D eigenvalue weighted by atomic mass is 31.1. The standard InChI is InChI=1S/C32H29NO3P/c1-32(2,3)29(33-20-22-10-4-5-11-22)21-34-37-35-27-18-16-23-12-6-8-14-25(23)30(27)31-26-15-9-7-13-24(26)17-19-28(31)36-37/h4-20,29H,21H2,1-3H3/t29-/m1/s1. The molecular formula is C32H29NO3P. The van der Waals surface area contributed by atoms with Gasteiger partial charge in [0.2, 0.25) is 0 Å². The van der Waals surface area contributed by atoms with Crippen molar-refractivity contribution >= 4 is 57.9 Å². The molecule has 0 bridgehead atoms. The van der Waals surface area contributed by atoms with Crippen LogP contribution in [0.15, 0.2) is 86.2 Å². The van der Waals surface area contributed by atoms with E-state index >= 15 is 0 Å². The summed E-state index contributed by atoms with van der Waals surface area (Å²) in [6.45, 7) is 6.91. The van der Waals surface area contributed by atoms with Gasteiger partial charge in [-0.2, -0.15) is 0 Å². The smallest absolute Gasteiger partial charge is 0.387 e. The second-order valence-corrected chi connectivity index (χ2v) is 11.5. The van der Waals surface area contributed by atoms with Gasteiger partial charge in [-0.1, -0.05) is 81.4 Å². The van der Waals surface area contributed by atoms with Gasteiger partial charge in [0.1, 0.15) is 11.2 Å². The molecule has 0 amide bonds. The lowest BCUT2D eigenvalue weighted by Gasteiger charge is -2.26. The van der Waals surface area contributed by atoms with E-state index in [1.807, 2.05) is 44.0 Å². The zero-order valence-corrected chi connectivity index (χ0v) is 22.1. The van der Waals surface area contributed by atoms with Crippen LogP contribution >= 0.6 is 8.24 Å². The Morgan fingerprint density at radius 2 is 1.32 bits per heavy atom. The third kappa shape index (κ3) is 4.93. The van der Waals surface area contributed by atoms with Gasteiger partial charge < -0.3 is 8.39 Å². The van der Waals surface area contributed by atoms with Gasteiger partial charge in [-0.05, 0) is 64.8 Å². The lowest BCUT2D eigenvalue weighted by Crippen LogP contribution is -2.30. The van der Waals surface area contributed by atoms with Crippen molar-refractivity contribution in [1.29, 1.82) is 0 Å². The van der Waals surface area contributed by atoms with Gasteiger partial charge in [-0.3, -0.25) is 9.52 Å². The molecule has 5 aromatic rings. The summed E-state index contributed by atoms with van der Waals surface area (Å²) in [7, 11) is -1.69. The average molecular weight is 507 g/mol. The normalized spacial score (nSPS) is 16.0. The Balaban J connectivity index is 1.49. The van der Waals surface area contributed by atoms with Crippen molar-refractivity contribution in [3.63, 3.8) is 0 Å². The Bertz CT molecular complexity index is 1540. The maximum Gasteiger partial charge on any atom is 0.387 e. The number of aliphatic imine (C=N–C) groups is 1. The number of nitrogens with zero attached hydrogens (tertiary/aromatic N) is 1. The summed E-state index contributed by atoms with van der Waals surface area (Å²) in [5, 5.41) is 6.66. The first-order valence-electron chi connectivity index (χ1n) is 12.6. The quantitative estimate of drug-likeness (QED) is 0.224. The first-order chi connectivity index (χ1) is 18.0. The van der Waals surface area contributed by atoms with Crippen LogP contribution in [-0.4, -0.2) is 18.9 Å². The molecule has 1 heterocycles. The summed E-state index contributed by atoms with van der Waals surface area (Å²) in [4.78, 5) is 4.87. The van der Waals surface area contributed by atoms with Gasteiger partial charge >= 0.3 is 8.24 Å². The van der Waals surface area contributed by atoms with Crippen molar-refractivity contribution in [1.82, 2.24) is 0 Å². The van der Waals surface area contributed by atoms with Gasteiger partial charge in [-0.15, -0.1) is 0 Å². The van der Waals surface area contributed by atoms with Crippen LogP contribution in [0.3, 0.4) is 0 Å². The predicted octanol–water partition coefficient (Wildman–Crippen LogP) is 8.92. The van der Waals surface area contributed by atoms with Crippen LogP contribution < -0.4 is 4.52 Å². The van der Waals surface area contributed by atoms with E-state index < -0.39 is 8.24 Å². The summed E-state index contributed by atoms with van der Waals surface area (Å²) < 4.78 is 19.3. The molecule has 185 valence electrons. The molecule has 6 rings (SSSR count). The minimum atomic E-state index is -1.69. The zero-order chi connectivity index (χ0) is 25.4. The first-order valence-corrected chi connectivity index (χ1v) is 13.6. The van der Waals surface area contributed by atoms with Crippen LogP contribution in [-0.2, 0) is 0 Å². The summed E-state index contributed by atoms with van der Waals surface area (Å²) in [6, 6.07) is 25.0. The Hall–Kier alpha value is -3.07. The minimum Gasteiger partial charge on any atom is -0.399 e. The van der Waals surface area contributed by atoms with Crippen LogP contribution in [0, 0.1) is 37.0 Å². The molecule has 0 spiro atoms. The van der Waals surface area contributed by atoms with Crippen molar-refractivity contribution in [2.75, 3.05) is 6.61 Å². The SMILES string of the molecule is CC(C)(C)[C@@H](COp1oc2ccc3ccccc3c2c2c(ccc3ccccc32)o1)N=C[C]1[CH][CH][CH][CH]1. The van der Waals surface area contributed by atoms with E-state index in [4.69, 9.17) is 17.9 Å². The molecule has 4 aromatic carbocycles. The van der Waals surface area contributed by atoms with E-state index in [9.17, 15) is 0 Å². The van der Waals surface area contributed by atoms with Crippen molar-refractivity contribution in [3.05, 3.63) is 104 Å². The second-order valence-electron chi connectivity index (χ2n) is 10.4. The number of benzene rings is 4. The lowest BCUT2D eigenvalue weighted by molar-refractivity contribution is 0.238. The second kappa shape index (κ2) is 10.0. The maximum absolute atomic E-state index is 6.48. The Morgan fingerprint density at radius 3 is 1.86 bits per heavy atom. The van der Waals surface area contributed by atoms with Crippen molar-refractivity contribution in [2.24, 2.45) is 10.4 Å². The highest BCUT2D eigenvalue weighted by molar-refractivity contribution is 7.31. The van der Waals surface area contributed by atoms with Gasteiger partial charge in [0, 0.05) is 22.9 Å². The molecule has 0 N–H and O–H groups in total. The summed E-state index contributed by atoms with van der Waals surface area (Å²) in [5.41, 5.74) is 1.45. The first kappa shape index (κ1) is 24.3. The average Bonchev–Trinajstić information content (AvgIpc) is 3.35. The third-order valence-electron chi connectivity index (χ3n) is 6.81. The molecule has 0 unspecified atom stereocenters. The highest BCUT2D eigenvalue weighted by Crippen LogP contribution is 2.40. The fraction of sp³-hybridized carbons (Fsp3) is 0.188. The molecule has 0 aliphatic heterocycles. The monoisotopic (exact) mass is 506 g/mol. The van der Waals surface area contributed by atoms with Crippen molar-refractivity contribution in [3.8, 4) is 0 Å². The molecule has 1 aromatic heterocycles. The Morgan fingerprint density at radius 1 is 0.784 bits per heavy atom. The maximum atomic E-state index is 6.48.